The van der Waals surface area contributed by atoms with Crippen molar-refractivity contribution in [1.29, 1.82) is 0 Å². The summed E-state index contributed by atoms with van der Waals surface area (Å²) in [6.07, 6.45) is -7.88. The number of ketones is 5. The average molecular weight is 1010 g/mol. The molecule has 394 valence electrons. The first-order chi connectivity index (χ1) is 33.7. The van der Waals surface area contributed by atoms with Crippen molar-refractivity contribution < 1.29 is 88.0 Å². The van der Waals surface area contributed by atoms with Crippen LogP contribution in [0.1, 0.15) is 149 Å². The number of fused-ring (bicyclic) bond motifs is 3. The summed E-state index contributed by atoms with van der Waals surface area (Å²) < 4.78 is 17.6. The normalized spacial score (nSPS) is 23.2. The number of Topliss-reactive ketones (excluding diaryl/α,β-unsaturated/α-hetero) is 3. The predicted molar refractivity (Wildman–Crippen MR) is 253 cm³/mol. The van der Waals surface area contributed by atoms with Gasteiger partial charge in [-0.05, 0) is 37.7 Å². The summed E-state index contributed by atoms with van der Waals surface area (Å²) in [5.41, 5.74) is -4.47. The smallest absolute Gasteiger partial charge is 0.303 e. The fourth-order valence-electron chi connectivity index (χ4n) is 9.53. The molecular weight excluding hydrogens is 943 g/mol. The van der Waals surface area contributed by atoms with Gasteiger partial charge in [-0.15, -0.1) is 0 Å². The maximum Gasteiger partial charge on any atom is 0.303 e. The molecule has 21 nitrogen and oxygen atoms in total. The summed E-state index contributed by atoms with van der Waals surface area (Å²) in [5.74, 6) is -10.4. The van der Waals surface area contributed by atoms with Crippen molar-refractivity contribution in [2.24, 2.45) is 23.7 Å². The first kappa shape index (κ1) is 56.8. The largest absolute Gasteiger partial charge is 0.507 e. The second kappa shape index (κ2) is 23.6. The van der Waals surface area contributed by atoms with Crippen molar-refractivity contribution in [2.45, 2.75) is 155 Å². The number of hydrogen-bond donors (Lipinski definition) is 9. The maximum absolute atomic E-state index is 14.1. The average Bonchev–Trinajstić information content (AvgIpc) is 3.30. The van der Waals surface area contributed by atoms with Gasteiger partial charge in [-0.25, -0.2) is 0 Å². The lowest BCUT2D eigenvalue weighted by Crippen LogP contribution is -2.59. The number of nitrogens with one attached hydrogen (secondary N) is 3. The molecule has 0 aromatic heterocycles. The highest BCUT2D eigenvalue weighted by Gasteiger charge is 2.50. The molecule has 0 bridgehead atoms. The number of hydrogen-bond acceptors (Lipinski definition) is 17. The third-order valence-electron chi connectivity index (χ3n) is 13.4. The Morgan fingerprint density at radius 1 is 0.819 bits per heavy atom. The number of amides is 3. The Morgan fingerprint density at radius 3 is 2.01 bits per heavy atom. The van der Waals surface area contributed by atoms with Crippen molar-refractivity contribution in [3.05, 3.63) is 51.6 Å². The lowest BCUT2D eigenvalue weighted by atomic mass is 9.72. The van der Waals surface area contributed by atoms with Crippen LogP contribution in [0.3, 0.4) is 0 Å². The summed E-state index contributed by atoms with van der Waals surface area (Å²) in [5, 5.41) is 73.6. The van der Waals surface area contributed by atoms with E-state index >= 15 is 0 Å². The van der Waals surface area contributed by atoms with Crippen molar-refractivity contribution in [3.63, 3.8) is 0 Å². The Labute approximate surface area is 416 Å². The van der Waals surface area contributed by atoms with Gasteiger partial charge in [0.05, 0.1) is 54.5 Å². The molecule has 2 aromatic carbocycles. The van der Waals surface area contributed by atoms with Crippen molar-refractivity contribution >= 4 is 52.6 Å². The van der Waals surface area contributed by atoms with Crippen LogP contribution in [0.15, 0.2) is 18.2 Å². The van der Waals surface area contributed by atoms with Crippen LogP contribution >= 0.6 is 0 Å². The Hall–Kier alpha value is -6.13. The number of carbonyl (C=O) groups excluding carboxylic acids is 8. The van der Waals surface area contributed by atoms with Gasteiger partial charge in [0.25, 0.3) is 0 Å². The van der Waals surface area contributed by atoms with Crippen LogP contribution in [0.2, 0.25) is 0 Å². The monoisotopic (exact) mass is 1010 g/mol. The number of methoxy groups -OCH3 is 1. The standard InChI is InChI=1S/C51H67N3O18/c1-22(2)14-30(52-48(66)24(5)16-27(56)12-13-37(59)60)33(57)17-25(6)49(67)54-32(15-23(3)4)50(68)53-31-18-38(71-26(7)43(31)61)72-35-20-51(69,36(58)21-55)19-29-40(35)47(65)42-41(45(29)63)44(62)28-10-9-11-34(70-8)39(28)46(42)64/h9-11,22-26,30-32,35,38,43,55,61,63,65,69H,12-21H2,1-8H3,(H,52,66)(H,53,68)(H,54,67)(H,59,60). The molecule has 0 radical (unpaired) electrons. The van der Waals surface area contributed by atoms with E-state index in [1.165, 1.54) is 46.1 Å². The molecule has 1 heterocycles. The molecule has 9 N–H and O–H groups in total. The molecule has 10 atom stereocenters. The molecule has 3 amide bonds. The molecule has 2 aliphatic carbocycles. The van der Waals surface area contributed by atoms with Crippen LogP contribution in [0.5, 0.6) is 17.2 Å². The predicted octanol–water partition coefficient (Wildman–Crippen LogP) is 2.28. The lowest BCUT2D eigenvalue weighted by molar-refractivity contribution is -0.249. The van der Waals surface area contributed by atoms with E-state index < -0.39 is 155 Å². The first-order valence-electron chi connectivity index (χ1n) is 24.1. The van der Waals surface area contributed by atoms with Gasteiger partial charge in [-0.3, -0.25) is 43.2 Å². The number of carboxylic acids is 1. The van der Waals surface area contributed by atoms with Crippen LogP contribution in [-0.2, 0) is 49.5 Å². The van der Waals surface area contributed by atoms with Crippen molar-refractivity contribution in [2.75, 3.05) is 13.7 Å². The summed E-state index contributed by atoms with van der Waals surface area (Å²) in [6, 6.07) is 0.895. The SMILES string of the molecule is COc1cccc2c1C(=O)c1c(O)c3c(c(O)c1C2=O)CC(O)(C(=O)CO)CC3OC1CC(NC(=O)C(CC(C)C)NC(=O)C(C)CC(=O)C(CC(C)C)NC(=O)C(C)CC(=O)CCC(=O)O)C(O)C(C)O1. The number of carbonyl (C=O) groups is 9. The highest BCUT2D eigenvalue weighted by molar-refractivity contribution is 6.31. The number of benzene rings is 2. The Bertz CT molecular complexity index is 2470. The van der Waals surface area contributed by atoms with Gasteiger partial charge in [0.1, 0.15) is 47.4 Å². The number of carboxylic acid groups (broad SMARTS) is 1. The van der Waals surface area contributed by atoms with Gasteiger partial charge < -0.3 is 60.8 Å². The van der Waals surface area contributed by atoms with Crippen LogP contribution in [-0.4, -0.2) is 139 Å². The van der Waals surface area contributed by atoms with E-state index in [-0.39, 0.29) is 84.8 Å². The number of aliphatic hydroxyl groups is 3. The summed E-state index contributed by atoms with van der Waals surface area (Å²) in [4.78, 5) is 119. The summed E-state index contributed by atoms with van der Waals surface area (Å²) >= 11 is 0. The first-order valence-corrected chi connectivity index (χ1v) is 24.1. The van der Waals surface area contributed by atoms with Gasteiger partial charge in [-0.2, -0.15) is 0 Å². The zero-order valence-corrected chi connectivity index (χ0v) is 41.7. The minimum absolute atomic E-state index is 0.0180. The third-order valence-corrected chi connectivity index (χ3v) is 13.4. The second-order valence-electron chi connectivity index (χ2n) is 20.1. The quantitative estimate of drug-likeness (QED) is 0.0615. The lowest BCUT2D eigenvalue weighted by Gasteiger charge is -2.43. The number of ether oxygens (including phenoxy) is 3. The number of phenolic OH excluding ortho intramolecular Hbond substituents is 2. The van der Waals surface area contributed by atoms with E-state index in [1.54, 1.807) is 0 Å². The number of aliphatic hydroxyl groups excluding tert-OH is 2. The highest BCUT2D eigenvalue weighted by atomic mass is 16.7. The minimum Gasteiger partial charge on any atom is -0.507 e. The molecule has 1 fully saturated rings. The van der Waals surface area contributed by atoms with Gasteiger partial charge in [0.15, 0.2) is 23.6 Å². The van der Waals surface area contributed by atoms with Crippen LogP contribution < -0.4 is 20.7 Å². The Balaban J connectivity index is 1.34. The zero-order valence-electron chi connectivity index (χ0n) is 41.7. The van der Waals surface area contributed by atoms with E-state index in [4.69, 9.17) is 19.3 Å². The van der Waals surface area contributed by atoms with Gasteiger partial charge in [0, 0.05) is 67.1 Å². The zero-order chi connectivity index (χ0) is 53.7. The summed E-state index contributed by atoms with van der Waals surface area (Å²) in [6.45, 7) is 10.6. The van der Waals surface area contributed by atoms with Gasteiger partial charge in [-0.1, -0.05) is 53.7 Å². The molecule has 1 aliphatic heterocycles. The number of aromatic hydroxyl groups is 2. The van der Waals surface area contributed by atoms with Gasteiger partial charge >= 0.3 is 5.97 Å². The van der Waals surface area contributed by atoms with Crippen LogP contribution in [0.4, 0.5) is 0 Å². The second-order valence-corrected chi connectivity index (χ2v) is 20.1. The van der Waals surface area contributed by atoms with Gasteiger partial charge in [0.2, 0.25) is 23.5 Å². The number of rotatable bonds is 23. The molecule has 5 rings (SSSR count). The van der Waals surface area contributed by atoms with Crippen LogP contribution in [0, 0.1) is 23.7 Å². The topological polar surface area (TPSA) is 339 Å². The Morgan fingerprint density at radius 2 is 1.42 bits per heavy atom. The van der Waals surface area contributed by atoms with E-state index in [9.17, 15) is 68.7 Å². The molecule has 10 unspecified atom stereocenters. The third kappa shape index (κ3) is 12.7. The molecule has 72 heavy (non-hydrogen) atoms. The van der Waals surface area contributed by atoms with E-state index in [2.05, 4.69) is 16.0 Å². The Kier molecular flexibility index (Phi) is 18.6. The number of aliphatic carboxylic acids is 1. The fourth-order valence-corrected chi connectivity index (χ4v) is 9.53. The van der Waals surface area contributed by atoms with Crippen LogP contribution in [0.25, 0.3) is 0 Å². The van der Waals surface area contributed by atoms with E-state index in [1.807, 2.05) is 27.7 Å². The molecular formula is C51H67N3O18. The highest BCUT2D eigenvalue weighted by Crippen LogP contribution is 2.52. The molecule has 2 aromatic rings. The maximum atomic E-state index is 14.1. The summed E-state index contributed by atoms with van der Waals surface area (Å²) in [7, 11) is 1.28. The minimum atomic E-state index is -2.43. The van der Waals surface area contributed by atoms with E-state index in [0.717, 1.165) is 0 Å². The van der Waals surface area contributed by atoms with E-state index in [0.29, 0.717) is 0 Å². The van der Waals surface area contributed by atoms with Crippen molar-refractivity contribution in [3.8, 4) is 17.2 Å². The number of phenols is 2. The molecule has 1 saturated heterocycles. The molecule has 0 saturated carbocycles. The van der Waals surface area contributed by atoms with Crippen molar-refractivity contribution in [1.82, 2.24) is 16.0 Å². The fraction of sp³-hybridized carbons (Fsp3) is 0.588. The molecule has 21 heteroatoms. The molecule has 3 aliphatic rings. The molecule has 0 spiro atoms.